The van der Waals surface area contributed by atoms with Crippen molar-refractivity contribution in [1.29, 1.82) is 0 Å². The second-order valence-electron chi connectivity index (χ2n) is 7.72. The highest BCUT2D eigenvalue weighted by Crippen LogP contribution is 2.36. The molecule has 0 N–H and O–H groups in total. The number of hydrogen-bond acceptors (Lipinski definition) is 3. The lowest BCUT2D eigenvalue weighted by Gasteiger charge is -2.25. The first-order valence-electron chi connectivity index (χ1n) is 10.00. The van der Waals surface area contributed by atoms with Crippen LogP contribution in [-0.2, 0) is 16.4 Å². The summed E-state index contributed by atoms with van der Waals surface area (Å²) >= 11 is 0. The van der Waals surface area contributed by atoms with E-state index in [1.54, 1.807) is 18.2 Å². The van der Waals surface area contributed by atoms with Crippen molar-refractivity contribution in [3.8, 4) is 0 Å². The number of sulfonamides is 1. The van der Waals surface area contributed by atoms with Crippen LogP contribution >= 0.6 is 0 Å². The van der Waals surface area contributed by atoms with Gasteiger partial charge in [0.1, 0.15) is 0 Å². The standard InChI is InChI=1S/C22H26N2O3S/c1-17-15-18-9-4-5-12-21(18)24(17)28(26,27)20-11-8-10-19(16-20)22(25)23-13-6-2-3-7-14-23/h4-5,8-12,16-17H,2-3,6-7,13-15H2,1H3. The van der Waals surface area contributed by atoms with E-state index in [4.69, 9.17) is 0 Å². The predicted octanol–water partition coefficient (Wildman–Crippen LogP) is 3.84. The Morgan fingerprint density at radius 1 is 0.964 bits per heavy atom. The summed E-state index contributed by atoms with van der Waals surface area (Å²) in [6, 6.07) is 14.0. The molecule has 0 saturated carbocycles. The molecule has 1 fully saturated rings. The highest BCUT2D eigenvalue weighted by Gasteiger charge is 2.36. The van der Waals surface area contributed by atoms with Crippen LogP contribution < -0.4 is 4.31 Å². The lowest BCUT2D eigenvalue weighted by atomic mass is 10.1. The summed E-state index contributed by atoms with van der Waals surface area (Å²) in [4.78, 5) is 15.0. The number of para-hydroxylation sites is 1. The van der Waals surface area contributed by atoms with E-state index in [2.05, 4.69) is 0 Å². The van der Waals surface area contributed by atoms with Gasteiger partial charge in [-0.15, -0.1) is 0 Å². The Morgan fingerprint density at radius 2 is 1.68 bits per heavy atom. The normalized spacial score (nSPS) is 20.0. The topological polar surface area (TPSA) is 57.7 Å². The van der Waals surface area contributed by atoms with Gasteiger partial charge in [0.2, 0.25) is 0 Å². The monoisotopic (exact) mass is 398 g/mol. The summed E-state index contributed by atoms with van der Waals surface area (Å²) in [5.41, 5.74) is 2.22. The molecule has 148 valence electrons. The molecule has 1 atom stereocenters. The molecule has 0 radical (unpaired) electrons. The fraction of sp³-hybridized carbons (Fsp3) is 0.409. The summed E-state index contributed by atoms with van der Waals surface area (Å²) in [7, 11) is -3.73. The lowest BCUT2D eigenvalue weighted by Crippen LogP contribution is -2.36. The molecule has 1 unspecified atom stereocenters. The number of fused-ring (bicyclic) bond motifs is 1. The molecule has 0 bridgehead atoms. The zero-order chi connectivity index (χ0) is 19.7. The SMILES string of the molecule is CC1Cc2ccccc2N1S(=O)(=O)c1cccc(C(=O)N2CCCCCC2)c1. The van der Waals surface area contributed by atoms with Crippen LogP contribution in [0.5, 0.6) is 0 Å². The summed E-state index contributed by atoms with van der Waals surface area (Å²) < 4.78 is 28.3. The van der Waals surface area contributed by atoms with Gasteiger partial charge in [-0.05, 0) is 56.0 Å². The highest BCUT2D eigenvalue weighted by molar-refractivity contribution is 7.92. The molecule has 2 aromatic carbocycles. The number of likely N-dealkylation sites (tertiary alicyclic amines) is 1. The van der Waals surface area contributed by atoms with Gasteiger partial charge in [0, 0.05) is 24.7 Å². The van der Waals surface area contributed by atoms with Crippen LogP contribution in [0.1, 0.15) is 48.5 Å². The van der Waals surface area contributed by atoms with Crippen LogP contribution in [-0.4, -0.2) is 38.4 Å². The molecule has 2 aliphatic heterocycles. The molecule has 2 aliphatic rings. The number of carbonyl (C=O) groups excluding carboxylic acids is 1. The number of carbonyl (C=O) groups is 1. The van der Waals surface area contributed by atoms with Gasteiger partial charge in [-0.25, -0.2) is 8.42 Å². The molecular formula is C22H26N2O3S. The Bertz CT molecular complexity index is 979. The molecular weight excluding hydrogens is 372 g/mol. The van der Waals surface area contributed by atoms with Crippen LogP contribution in [0.4, 0.5) is 5.69 Å². The average molecular weight is 399 g/mol. The van der Waals surface area contributed by atoms with Crippen LogP contribution in [0.15, 0.2) is 53.4 Å². The Balaban J connectivity index is 1.66. The van der Waals surface area contributed by atoms with Crippen molar-refractivity contribution in [2.75, 3.05) is 17.4 Å². The molecule has 28 heavy (non-hydrogen) atoms. The molecule has 4 rings (SSSR count). The molecule has 6 heteroatoms. The maximum Gasteiger partial charge on any atom is 0.264 e. The first-order chi connectivity index (χ1) is 13.5. The van der Waals surface area contributed by atoms with E-state index in [0.717, 1.165) is 50.0 Å². The Morgan fingerprint density at radius 3 is 2.43 bits per heavy atom. The van der Waals surface area contributed by atoms with Gasteiger partial charge in [-0.1, -0.05) is 37.1 Å². The Hall–Kier alpha value is -2.34. The smallest absolute Gasteiger partial charge is 0.264 e. The Kier molecular flexibility index (Phi) is 5.15. The number of anilines is 1. The third-order valence-electron chi connectivity index (χ3n) is 5.68. The summed E-state index contributed by atoms with van der Waals surface area (Å²) in [6.45, 7) is 3.41. The maximum atomic E-state index is 13.4. The van der Waals surface area contributed by atoms with Crippen LogP contribution in [0.25, 0.3) is 0 Å². The van der Waals surface area contributed by atoms with Crippen LogP contribution in [0.2, 0.25) is 0 Å². The fourth-order valence-corrected chi connectivity index (χ4v) is 6.00. The predicted molar refractivity (Wildman–Crippen MR) is 110 cm³/mol. The van der Waals surface area contributed by atoms with Gasteiger partial charge in [0.05, 0.1) is 10.6 Å². The van der Waals surface area contributed by atoms with Crippen LogP contribution in [0.3, 0.4) is 0 Å². The fourth-order valence-electron chi connectivity index (χ4n) is 4.26. The number of benzene rings is 2. The number of hydrogen-bond donors (Lipinski definition) is 0. The minimum atomic E-state index is -3.73. The van der Waals surface area contributed by atoms with Crippen molar-refractivity contribution < 1.29 is 13.2 Å². The zero-order valence-electron chi connectivity index (χ0n) is 16.2. The van der Waals surface area contributed by atoms with E-state index in [0.29, 0.717) is 12.0 Å². The summed E-state index contributed by atoms with van der Waals surface area (Å²) in [5.74, 6) is -0.0752. The van der Waals surface area contributed by atoms with Crippen molar-refractivity contribution in [1.82, 2.24) is 4.90 Å². The first-order valence-corrected chi connectivity index (χ1v) is 11.4. The number of rotatable bonds is 3. The molecule has 1 amide bonds. The van der Waals surface area contributed by atoms with E-state index >= 15 is 0 Å². The van der Waals surface area contributed by atoms with Gasteiger partial charge in [-0.3, -0.25) is 9.10 Å². The molecule has 2 aromatic rings. The Labute approximate surface area is 167 Å². The third kappa shape index (κ3) is 3.41. The number of amides is 1. The minimum Gasteiger partial charge on any atom is -0.339 e. The van der Waals surface area contributed by atoms with Crippen molar-refractivity contribution in [3.63, 3.8) is 0 Å². The second kappa shape index (κ2) is 7.59. The van der Waals surface area contributed by atoms with E-state index < -0.39 is 10.0 Å². The molecule has 0 spiro atoms. The molecule has 1 saturated heterocycles. The van der Waals surface area contributed by atoms with Gasteiger partial charge in [0.25, 0.3) is 15.9 Å². The van der Waals surface area contributed by atoms with Crippen molar-refractivity contribution in [2.45, 2.75) is 50.0 Å². The van der Waals surface area contributed by atoms with Gasteiger partial charge in [-0.2, -0.15) is 0 Å². The molecule has 2 heterocycles. The van der Waals surface area contributed by atoms with Crippen molar-refractivity contribution in [3.05, 3.63) is 59.7 Å². The zero-order valence-corrected chi connectivity index (χ0v) is 17.0. The summed E-state index contributed by atoms with van der Waals surface area (Å²) in [6.07, 6.45) is 4.99. The van der Waals surface area contributed by atoms with E-state index in [1.165, 1.54) is 10.4 Å². The molecule has 5 nitrogen and oxygen atoms in total. The van der Waals surface area contributed by atoms with Gasteiger partial charge < -0.3 is 4.90 Å². The second-order valence-corrected chi connectivity index (χ2v) is 9.53. The molecule has 0 aromatic heterocycles. The highest BCUT2D eigenvalue weighted by atomic mass is 32.2. The van der Waals surface area contributed by atoms with Crippen molar-refractivity contribution in [2.24, 2.45) is 0 Å². The lowest BCUT2D eigenvalue weighted by molar-refractivity contribution is 0.0761. The van der Waals surface area contributed by atoms with Gasteiger partial charge in [0.15, 0.2) is 0 Å². The van der Waals surface area contributed by atoms with E-state index in [1.807, 2.05) is 36.1 Å². The number of nitrogens with zero attached hydrogens (tertiary/aromatic N) is 2. The summed E-state index contributed by atoms with van der Waals surface area (Å²) in [5, 5.41) is 0. The maximum absolute atomic E-state index is 13.4. The van der Waals surface area contributed by atoms with Crippen LogP contribution in [0, 0.1) is 0 Å². The minimum absolute atomic E-state index is 0.0752. The van der Waals surface area contributed by atoms with E-state index in [-0.39, 0.29) is 16.8 Å². The van der Waals surface area contributed by atoms with Gasteiger partial charge >= 0.3 is 0 Å². The van der Waals surface area contributed by atoms with E-state index in [9.17, 15) is 13.2 Å². The van der Waals surface area contributed by atoms with Crippen molar-refractivity contribution >= 4 is 21.6 Å². The first kappa shape index (κ1) is 19.0. The average Bonchev–Trinajstić information content (AvgIpc) is 2.86. The quantitative estimate of drug-likeness (QED) is 0.789. The third-order valence-corrected chi connectivity index (χ3v) is 7.60. The molecule has 0 aliphatic carbocycles. The largest absolute Gasteiger partial charge is 0.339 e.